The fourth-order valence-corrected chi connectivity index (χ4v) is 3.76. The predicted octanol–water partition coefficient (Wildman–Crippen LogP) is 4.05. The van der Waals surface area contributed by atoms with E-state index in [9.17, 15) is 24.1 Å². The molecule has 0 spiro atoms. The molecule has 7 nitrogen and oxygen atoms in total. The zero-order chi connectivity index (χ0) is 24.5. The summed E-state index contributed by atoms with van der Waals surface area (Å²) in [6, 6.07) is 20.3. The number of hydrogen-bond donors (Lipinski definition) is 1. The summed E-state index contributed by atoms with van der Waals surface area (Å²) >= 11 is 0. The van der Waals surface area contributed by atoms with Crippen molar-refractivity contribution in [2.24, 2.45) is 0 Å². The Balaban J connectivity index is 2.01. The van der Waals surface area contributed by atoms with E-state index < -0.39 is 22.7 Å². The molecule has 8 heteroatoms. The predicted molar refractivity (Wildman–Crippen MR) is 126 cm³/mol. The van der Waals surface area contributed by atoms with E-state index in [1.165, 1.54) is 29.2 Å². The molecule has 176 valence electrons. The van der Waals surface area contributed by atoms with Gasteiger partial charge in [0.1, 0.15) is 11.9 Å². The molecular weight excluding hydrogens is 437 g/mol. The first kappa shape index (κ1) is 24.6. The molecule has 3 aromatic rings. The highest BCUT2D eigenvalue weighted by Crippen LogP contribution is 2.22. The number of benzene rings is 3. The van der Waals surface area contributed by atoms with Crippen LogP contribution in [0.1, 0.15) is 23.6 Å². The average molecular weight is 464 g/mol. The third-order valence-electron chi connectivity index (χ3n) is 5.45. The van der Waals surface area contributed by atoms with Crippen LogP contribution >= 0.6 is 0 Å². The maximum atomic E-state index is 14.5. The van der Waals surface area contributed by atoms with Crippen LogP contribution in [-0.2, 0) is 29.0 Å². The van der Waals surface area contributed by atoms with E-state index in [2.05, 4.69) is 5.32 Å². The summed E-state index contributed by atoms with van der Waals surface area (Å²) in [5, 5.41) is 14.2. The maximum Gasteiger partial charge on any atom is 0.273 e. The van der Waals surface area contributed by atoms with E-state index in [1.807, 2.05) is 30.3 Å². The van der Waals surface area contributed by atoms with Gasteiger partial charge in [-0.25, -0.2) is 4.39 Å². The minimum Gasteiger partial charge on any atom is -0.355 e. The molecule has 0 aliphatic heterocycles. The Bertz CT molecular complexity index is 1150. The van der Waals surface area contributed by atoms with Crippen molar-refractivity contribution >= 4 is 17.5 Å². The standard InChI is InChI=1S/C26H26FN3O4/c1-2-28-26(32)24(16-19-10-4-3-5-11-19)29(18-21-13-6-8-14-22(21)27)25(31)17-20-12-7-9-15-23(20)30(33)34/h3-15,24H,2,16-18H2,1H3,(H,28,32). The number of carbonyl (C=O) groups is 2. The van der Waals surface area contributed by atoms with Gasteiger partial charge in [-0.3, -0.25) is 19.7 Å². The molecule has 1 N–H and O–H groups in total. The van der Waals surface area contributed by atoms with Crippen molar-refractivity contribution in [3.05, 3.63) is 111 Å². The van der Waals surface area contributed by atoms with Crippen molar-refractivity contribution in [2.75, 3.05) is 6.54 Å². The Morgan fingerprint density at radius 1 is 0.971 bits per heavy atom. The lowest BCUT2D eigenvalue weighted by Crippen LogP contribution is -2.51. The van der Waals surface area contributed by atoms with Crippen LogP contribution in [0.4, 0.5) is 10.1 Å². The van der Waals surface area contributed by atoms with Crippen LogP contribution in [-0.4, -0.2) is 34.2 Å². The van der Waals surface area contributed by atoms with E-state index >= 15 is 0 Å². The van der Waals surface area contributed by atoms with Gasteiger partial charge >= 0.3 is 0 Å². The van der Waals surface area contributed by atoms with Crippen LogP contribution < -0.4 is 5.32 Å². The van der Waals surface area contributed by atoms with Crippen molar-refractivity contribution in [1.29, 1.82) is 0 Å². The first-order chi connectivity index (χ1) is 16.4. The molecule has 0 aromatic heterocycles. The van der Waals surface area contributed by atoms with Gasteiger partial charge in [0.2, 0.25) is 11.8 Å². The van der Waals surface area contributed by atoms with E-state index in [1.54, 1.807) is 31.2 Å². The van der Waals surface area contributed by atoms with Crippen LogP contribution in [0.2, 0.25) is 0 Å². The third-order valence-corrected chi connectivity index (χ3v) is 5.45. The number of carbonyl (C=O) groups excluding carboxylic acids is 2. The number of amides is 2. The molecule has 1 unspecified atom stereocenters. The summed E-state index contributed by atoms with van der Waals surface area (Å²) in [7, 11) is 0. The van der Waals surface area contributed by atoms with E-state index in [4.69, 9.17) is 0 Å². The monoisotopic (exact) mass is 463 g/mol. The summed E-state index contributed by atoms with van der Waals surface area (Å²) in [5.41, 5.74) is 1.13. The van der Waals surface area contributed by atoms with Gasteiger partial charge in [-0.05, 0) is 18.6 Å². The third kappa shape index (κ3) is 6.25. The van der Waals surface area contributed by atoms with Gasteiger partial charge in [0, 0.05) is 36.7 Å². The second-order valence-electron chi connectivity index (χ2n) is 7.78. The zero-order valence-electron chi connectivity index (χ0n) is 18.8. The molecule has 0 aliphatic carbocycles. The first-order valence-corrected chi connectivity index (χ1v) is 11.0. The lowest BCUT2D eigenvalue weighted by atomic mass is 10.0. The second-order valence-corrected chi connectivity index (χ2v) is 7.78. The van der Waals surface area contributed by atoms with Gasteiger partial charge < -0.3 is 10.2 Å². The Labute approximate surface area is 197 Å². The molecule has 1 atom stereocenters. The summed E-state index contributed by atoms with van der Waals surface area (Å²) in [6.07, 6.45) is -0.0833. The number of nitro groups is 1. The van der Waals surface area contributed by atoms with Crippen molar-refractivity contribution in [1.82, 2.24) is 10.2 Å². The minimum absolute atomic E-state index is 0.152. The fourth-order valence-electron chi connectivity index (χ4n) is 3.76. The summed E-state index contributed by atoms with van der Waals surface area (Å²) < 4.78 is 14.5. The van der Waals surface area contributed by atoms with Crippen molar-refractivity contribution in [3.63, 3.8) is 0 Å². The molecule has 0 saturated heterocycles. The number of halogens is 1. The largest absolute Gasteiger partial charge is 0.355 e. The molecule has 2 amide bonds. The van der Waals surface area contributed by atoms with E-state index in [0.29, 0.717) is 6.54 Å². The highest BCUT2D eigenvalue weighted by molar-refractivity contribution is 5.89. The van der Waals surface area contributed by atoms with Crippen LogP contribution in [0, 0.1) is 15.9 Å². The first-order valence-electron chi connectivity index (χ1n) is 11.0. The number of nitrogens with zero attached hydrogens (tertiary/aromatic N) is 2. The molecule has 0 saturated carbocycles. The van der Waals surface area contributed by atoms with Gasteiger partial charge in [0.05, 0.1) is 11.3 Å². The summed E-state index contributed by atoms with van der Waals surface area (Å²) in [5.74, 6) is -1.39. The molecule has 0 fully saturated rings. The molecule has 0 heterocycles. The minimum atomic E-state index is -0.933. The molecule has 0 aliphatic rings. The zero-order valence-corrected chi connectivity index (χ0v) is 18.8. The highest BCUT2D eigenvalue weighted by atomic mass is 19.1. The smallest absolute Gasteiger partial charge is 0.273 e. The van der Waals surface area contributed by atoms with Crippen LogP contribution in [0.5, 0.6) is 0 Å². The number of nitrogens with one attached hydrogen (secondary N) is 1. The fraction of sp³-hybridized carbons (Fsp3) is 0.231. The Morgan fingerprint density at radius 2 is 1.59 bits per heavy atom. The molecule has 0 radical (unpaired) electrons. The normalized spacial score (nSPS) is 11.5. The van der Waals surface area contributed by atoms with E-state index in [0.717, 1.165) is 5.56 Å². The van der Waals surface area contributed by atoms with Crippen LogP contribution in [0.3, 0.4) is 0 Å². The molecule has 3 aromatic carbocycles. The average Bonchev–Trinajstić information content (AvgIpc) is 2.83. The van der Waals surface area contributed by atoms with E-state index in [-0.39, 0.29) is 42.1 Å². The quantitative estimate of drug-likeness (QED) is 0.363. The Morgan fingerprint density at radius 3 is 2.24 bits per heavy atom. The Kier molecular flexibility index (Phi) is 8.45. The van der Waals surface area contributed by atoms with Crippen molar-refractivity contribution < 1.29 is 18.9 Å². The molecule has 3 rings (SSSR count). The number of para-hydroxylation sites is 1. The second kappa shape index (κ2) is 11.7. The van der Waals surface area contributed by atoms with Crippen molar-refractivity contribution in [3.8, 4) is 0 Å². The summed E-state index contributed by atoms with van der Waals surface area (Å²) in [4.78, 5) is 38.8. The number of nitro benzene ring substituents is 1. The SMILES string of the molecule is CCNC(=O)C(Cc1ccccc1)N(Cc1ccccc1F)C(=O)Cc1ccccc1[N+](=O)[O-]. The lowest BCUT2D eigenvalue weighted by molar-refractivity contribution is -0.385. The van der Waals surface area contributed by atoms with Gasteiger partial charge in [-0.2, -0.15) is 0 Å². The van der Waals surface area contributed by atoms with Gasteiger partial charge in [-0.1, -0.05) is 66.7 Å². The van der Waals surface area contributed by atoms with Crippen LogP contribution in [0.25, 0.3) is 0 Å². The van der Waals surface area contributed by atoms with Crippen LogP contribution in [0.15, 0.2) is 78.9 Å². The topological polar surface area (TPSA) is 92.6 Å². The summed E-state index contributed by atoms with van der Waals surface area (Å²) in [6.45, 7) is 1.98. The molecular formula is C26H26FN3O4. The lowest BCUT2D eigenvalue weighted by Gasteiger charge is -2.31. The number of rotatable bonds is 10. The van der Waals surface area contributed by atoms with Gasteiger partial charge in [0.15, 0.2) is 0 Å². The number of hydrogen-bond acceptors (Lipinski definition) is 4. The molecule has 0 bridgehead atoms. The van der Waals surface area contributed by atoms with Gasteiger partial charge in [0.25, 0.3) is 5.69 Å². The van der Waals surface area contributed by atoms with Crippen molar-refractivity contribution in [2.45, 2.75) is 32.4 Å². The van der Waals surface area contributed by atoms with Gasteiger partial charge in [-0.15, -0.1) is 0 Å². The number of likely N-dealkylation sites (N-methyl/N-ethyl adjacent to an activating group) is 1. The Hall–Kier alpha value is -4.07. The maximum absolute atomic E-state index is 14.5. The highest BCUT2D eigenvalue weighted by Gasteiger charge is 2.31. The molecule has 34 heavy (non-hydrogen) atoms.